The van der Waals surface area contributed by atoms with E-state index in [1.54, 1.807) is 27.7 Å². The van der Waals surface area contributed by atoms with Gasteiger partial charge in [-0.15, -0.1) is 23.5 Å². The van der Waals surface area contributed by atoms with E-state index in [-0.39, 0.29) is 19.4 Å². The van der Waals surface area contributed by atoms with Gasteiger partial charge in [-0.05, 0) is 64.8 Å². The predicted octanol–water partition coefficient (Wildman–Crippen LogP) is 5.00. The van der Waals surface area contributed by atoms with Gasteiger partial charge in [-0.25, -0.2) is 9.59 Å². The van der Waals surface area contributed by atoms with Crippen molar-refractivity contribution in [2.45, 2.75) is 85.1 Å². The molecule has 39 heavy (non-hydrogen) atoms. The van der Waals surface area contributed by atoms with E-state index in [2.05, 4.69) is 10.6 Å². The summed E-state index contributed by atoms with van der Waals surface area (Å²) in [6.45, 7) is 8.42. The highest BCUT2D eigenvalue weighted by atomic mass is 32.2. The van der Waals surface area contributed by atoms with Crippen molar-refractivity contribution >= 4 is 41.5 Å². The van der Waals surface area contributed by atoms with Gasteiger partial charge in [0.15, 0.2) is 0 Å². The Morgan fingerprint density at radius 2 is 1.54 bits per heavy atom. The number of amides is 2. The van der Waals surface area contributed by atoms with Gasteiger partial charge in [-0.2, -0.15) is 0 Å². The maximum Gasteiger partial charge on any atom is 0.407 e. The fourth-order valence-electron chi connectivity index (χ4n) is 4.61. The van der Waals surface area contributed by atoms with Crippen LogP contribution in [-0.2, 0) is 19.1 Å². The molecule has 8 nitrogen and oxygen atoms in total. The normalized spacial score (nSPS) is 21.7. The smallest absolute Gasteiger partial charge is 0.407 e. The van der Waals surface area contributed by atoms with E-state index in [4.69, 9.17) is 9.47 Å². The van der Waals surface area contributed by atoms with Crippen LogP contribution in [0.25, 0.3) is 0 Å². The van der Waals surface area contributed by atoms with Gasteiger partial charge in [0.25, 0.3) is 0 Å². The highest BCUT2D eigenvalue weighted by Crippen LogP contribution is 2.50. The molecule has 0 bridgehead atoms. The Labute approximate surface area is 239 Å². The minimum Gasteiger partial charge on any atom is -0.464 e. The van der Waals surface area contributed by atoms with Gasteiger partial charge < -0.3 is 25.2 Å². The molecule has 10 heteroatoms. The molecule has 0 saturated heterocycles. The number of thioether (sulfide) groups is 2. The summed E-state index contributed by atoms with van der Waals surface area (Å²) in [6, 6.07) is 17.8. The minimum atomic E-state index is -1.32. The summed E-state index contributed by atoms with van der Waals surface area (Å²) in [5, 5.41) is 17.8. The number of carbonyl (C=O) groups is 3. The number of nitrogens with one attached hydrogen (secondary N) is 2. The van der Waals surface area contributed by atoms with Crippen molar-refractivity contribution < 1.29 is 29.0 Å². The fraction of sp³-hybridized carbons (Fsp3) is 0.483. The molecule has 0 aromatic heterocycles. The number of alkyl carbamates (subject to hydrolysis) is 1. The number of aliphatic hydroxyl groups is 1. The summed E-state index contributed by atoms with van der Waals surface area (Å²) in [7, 11) is 0. The maximum absolute atomic E-state index is 13.0. The molecule has 0 heterocycles. The molecule has 1 saturated carbocycles. The largest absolute Gasteiger partial charge is 0.464 e. The molecule has 3 N–H and O–H groups in total. The van der Waals surface area contributed by atoms with Crippen LogP contribution in [0.2, 0.25) is 0 Å². The van der Waals surface area contributed by atoms with Crippen LogP contribution in [0, 0.1) is 5.92 Å². The molecule has 1 aliphatic rings. The zero-order valence-corrected chi connectivity index (χ0v) is 24.6. The van der Waals surface area contributed by atoms with Gasteiger partial charge >= 0.3 is 12.1 Å². The molecule has 2 aromatic carbocycles. The Kier molecular flexibility index (Phi) is 10.7. The molecular formula is C29H38N2O6S2. The molecule has 4 atom stereocenters. The van der Waals surface area contributed by atoms with Crippen LogP contribution in [0.4, 0.5) is 4.79 Å². The lowest BCUT2D eigenvalue weighted by molar-refractivity contribution is -0.149. The molecule has 3 rings (SSSR count). The summed E-state index contributed by atoms with van der Waals surface area (Å²) in [5.74, 6) is -1.66. The van der Waals surface area contributed by atoms with Gasteiger partial charge in [0.2, 0.25) is 5.91 Å². The maximum atomic E-state index is 13.0. The van der Waals surface area contributed by atoms with Crippen LogP contribution in [-0.4, -0.2) is 57.6 Å². The van der Waals surface area contributed by atoms with Crippen LogP contribution >= 0.6 is 23.5 Å². The Hall–Kier alpha value is -2.69. The van der Waals surface area contributed by atoms with Crippen LogP contribution in [0.3, 0.4) is 0 Å². The number of benzene rings is 2. The Balaban J connectivity index is 1.99. The van der Waals surface area contributed by atoms with E-state index in [0.717, 1.165) is 9.79 Å². The quantitative estimate of drug-likeness (QED) is 0.206. The third-order valence-corrected chi connectivity index (χ3v) is 9.09. The Morgan fingerprint density at radius 1 is 1.00 bits per heavy atom. The Morgan fingerprint density at radius 3 is 2.00 bits per heavy atom. The second kappa shape index (κ2) is 13.6. The van der Waals surface area contributed by atoms with E-state index in [1.165, 1.54) is 30.4 Å². The molecule has 0 radical (unpaired) electrons. The van der Waals surface area contributed by atoms with Crippen molar-refractivity contribution in [2.24, 2.45) is 5.92 Å². The van der Waals surface area contributed by atoms with Crippen LogP contribution < -0.4 is 10.6 Å². The zero-order valence-electron chi connectivity index (χ0n) is 23.0. The topological polar surface area (TPSA) is 114 Å². The van der Waals surface area contributed by atoms with Crippen molar-refractivity contribution in [3.8, 4) is 0 Å². The molecule has 1 aliphatic carbocycles. The van der Waals surface area contributed by atoms with Crippen LogP contribution in [0.15, 0.2) is 70.5 Å². The molecule has 1 unspecified atom stereocenters. The standard InChI is InChI=1S/C29H38N2O6S2/c1-6-36-25(33)24(30-19(2)32)22-17-29(35,18-23(22)31-27(34)37-28(3,4)5)26(38-20-13-9-7-10-14-20)39-21-15-11-8-12-16-21/h7-16,22-24,26,35H,6,17-18H2,1-5H3,(H,30,32)(H,31,34)/t22-,23-,24?,29+/m0/s1. The van der Waals surface area contributed by atoms with Crippen molar-refractivity contribution in [1.82, 2.24) is 10.6 Å². The molecule has 212 valence electrons. The highest BCUT2D eigenvalue weighted by Gasteiger charge is 2.54. The summed E-state index contributed by atoms with van der Waals surface area (Å²) in [5.41, 5.74) is -2.06. The van der Waals surface area contributed by atoms with E-state index in [9.17, 15) is 19.5 Å². The lowest BCUT2D eigenvalue weighted by Crippen LogP contribution is -2.52. The molecule has 0 spiro atoms. The number of ether oxygens (including phenoxy) is 2. The monoisotopic (exact) mass is 574 g/mol. The van der Waals surface area contributed by atoms with E-state index < -0.39 is 51.8 Å². The first-order chi connectivity index (χ1) is 18.4. The molecule has 1 fully saturated rings. The lowest BCUT2D eigenvalue weighted by atomic mass is 9.93. The first-order valence-corrected chi connectivity index (χ1v) is 14.7. The summed E-state index contributed by atoms with van der Waals surface area (Å²) in [6.07, 6.45) is -0.367. The first-order valence-electron chi connectivity index (χ1n) is 13.0. The second-order valence-electron chi connectivity index (χ2n) is 10.6. The van der Waals surface area contributed by atoms with E-state index in [0.29, 0.717) is 0 Å². The average Bonchev–Trinajstić information content (AvgIpc) is 3.19. The average molecular weight is 575 g/mol. The number of hydrogen-bond donors (Lipinski definition) is 3. The lowest BCUT2D eigenvalue weighted by Gasteiger charge is -2.32. The Bertz CT molecular complexity index is 1070. The summed E-state index contributed by atoms with van der Waals surface area (Å²) < 4.78 is 10.4. The van der Waals surface area contributed by atoms with Crippen LogP contribution in [0.1, 0.15) is 47.5 Å². The number of rotatable bonds is 10. The third kappa shape index (κ3) is 9.19. The summed E-state index contributed by atoms with van der Waals surface area (Å²) >= 11 is 3.04. The number of esters is 1. The van der Waals surface area contributed by atoms with E-state index in [1.807, 2.05) is 60.7 Å². The molecular weight excluding hydrogens is 536 g/mol. The van der Waals surface area contributed by atoms with Gasteiger partial charge in [-0.1, -0.05) is 36.4 Å². The van der Waals surface area contributed by atoms with Gasteiger partial charge in [0.1, 0.15) is 11.6 Å². The number of hydrogen-bond acceptors (Lipinski definition) is 8. The van der Waals surface area contributed by atoms with E-state index >= 15 is 0 Å². The van der Waals surface area contributed by atoms with Crippen molar-refractivity contribution in [2.75, 3.05) is 6.61 Å². The fourth-order valence-corrected chi connectivity index (χ4v) is 7.41. The van der Waals surface area contributed by atoms with Gasteiger partial charge in [0.05, 0.1) is 16.8 Å². The number of carbonyl (C=O) groups excluding carboxylic acids is 3. The second-order valence-corrected chi connectivity index (χ2v) is 13.2. The van der Waals surface area contributed by atoms with Gasteiger partial charge in [0, 0.05) is 28.7 Å². The first kappa shape index (κ1) is 30.8. The van der Waals surface area contributed by atoms with Crippen molar-refractivity contribution in [3.63, 3.8) is 0 Å². The minimum absolute atomic E-state index is 0.131. The highest BCUT2D eigenvalue weighted by molar-refractivity contribution is 8.17. The molecule has 2 aromatic rings. The van der Waals surface area contributed by atoms with Gasteiger partial charge in [-0.3, -0.25) is 4.79 Å². The predicted molar refractivity (Wildman–Crippen MR) is 153 cm³/mol. The van der Waals surface area contributed by atoms with Crippen molar-refractivity contribution in [3.05, 3.63) is 60.7 Å². The SMILES string of the molecule is CCOC(=O)C(NC(C)=O)[C@H]1C[C@](O)(C(Sc2ccccc2)Sc2ccccc2)C[C@@H]1NC(=O)OC(C)(C)C. The van der Waals surface area contributed by atoms with Crippen LogP contribution in [0.5, 0.6) is 0 Å². The summed E-state index contributed by atoms with van der Waals surface area (Å²) in [4.78, 5) is 39.9. The third-order valence-electron chi connectivity index (χ3n) is 6.12. The molecule has 2 amide bonds. The molecule has 0 aliphatic heterocycles. The van der Waals surface area contributed by atoms with Crippen molar-refractivity contribution in [1.29, 1.82) is 0 Å². The zero-order chi connectivity index (χ0) is 28.6.